The average molecular weight is 323 g/mol. The first kappa shape index (κ1) is 16.5. The Hall–Kier alpha value is -2.33. The molecule has 1 N–H and O–H groups in total. The maximum Gasteiger partial charge on any atom is 0.251 e. The van der Waals surface area contributed by atoms with Gasteiger partial charge in [-0.15, -0.1) is 0 Å². The summed E-state index contributed by atoms with van der Waals surface area (Å²) in [5.41, 5.74) is 5.22. The van der Waals surface area contributed by atoms with Gasteiger partial charge in [0, 0.05) is 44.5 Å². The van der Waals surface area contributed by atoms with Gasteiger partial charge in [-0.2, -0.15) is 0 Å². The number of carbonyl (C=O) groups is 1. The summed E-state index contributed by atoms with van der Waals surface area (Å²) in [6.07, 6.45) is 0. The van der Waals surface area contributed by atoms with Crippen LogP contribution in [0, 0.1) is 6.92 Å². The molecule has 0 bridgehead atoms. The second kappa shape index (κ2) is 7.05. The van der Waals surface area contributed by atoms with E-state index in [-0.39, 0.29) is 5.91 Å². The topological polar surface area (TPSA) is 35.6 Å². The Morgan fingerprint density at radius 3 is 2.38 bits per heavy atom. The molecule has 0 atom stereocenters. The highest BCUT2D eigenvalue weighted by Crippen LogP contribution is 2.31. The summed E-state index contributed by atoms with van der Waals surface area (Å²) in [5.74, 6) is -0.0434. The first-order valence-corrected chi connectivity index (χ1v) is 8.46. The smallest absolute Gasteiger partial charge is 0.251 e. The first-order chi connectivity index (χ1) is 11.6. The maximum absolute atomic E-state index is 12.3. The Balaban J connectivity index is 2.04. The van der Waals surface area contributed by atoms with Crippen LogP contribution in [0.15, 0.2) is 42.5 Å². The maximum atomic E-state index is 12.3. The van der Waals surface area contributed by atoms with Gasteiger partial charge in [0.2, 0.25) is 0 Å². The number of benzene rings is 2. The van der Waals surface area contributed by atoms with Crippen molar-refractivity contribution in [3.05, 3.63) is 53.6 Å². The van der Waals surface area contributed by atoms with Crippen molar-refractivity contribution < 1.29 is 4.79 Å². The van der Waals surface area contributed by atoms with E-state index < -0.39 is 0 Å². The Bertz CT molecular complexity index is 733. The van der Waals surface area contributed by atoms with Crippen LogP contribution < -0.4 is 10.2 Å². The van der Waals surface area contributed by atoms with E-state index in [0.29, 0.717) is 0 Å². The summed E-state index contributed by atoms with van der Waals surface area (Å²) < 4.78 is 0. The molecular formula is C20H25N3O. The van der Waals surface area contributed by atoms with Gasteiger partial charge in [-0.25, -0.2) is 0 Å². The molecule has 0 aromatic heterocycles. The lowest BCUT2D eigenvalue weighted by Gasteiger charge is -2.34. The van der Waals surface area contributed by atoms with Gasteiger partial charge >= 0.3 is 0 Å². The van der Waals surface area contributed by atoms with E-state index in [2.05, 4.69) is 53.4 Å². The second-order valence-corrected chi connectivity index (χ2v) is 6.41. The monoisotopic (exact) mass is 323 g/mol. The lowest BCUT2D eigenvalue weighted by molar-refractivity contribution is 0.0964. The van der Waals surface area contributed by atoms with Gasteiger partial charge in [0.15, 0.2) is 0 Å². The van der Waals surface area contributed by atoms with Crippen LogP contribution in [0.4, 0.5) is 5.69 Å². The number of hydrogen-bond acceptors (Lipinski definition) is 3. The predicted octanol–water partition coefficient (Wildman–Crippen LogP) is 2.77. The van der Waals surface area contributed by atoms with E-state index in [4.69, 9.17) is 0 Å². The molecule has 0 aliphatic carbocycles. The lowest BCUT2D eigenvalue weighted by Crippen LogP contribution is -2.44. The van der Waals surface area contributed by atoms with Crippen molar-refractivity contribution in [2.24, 2.45) is 0 Å². The van der Waals surface area contributed by atoms with E-state index in [0.717, 1.165) is 42.9 Å². The Labute approximate surface area is 144 Å². The summed E-state index contributed by atoms with van der Waals surface area (Å²) in [4.78, 5) is 17.1. The molecule has 0 saturated carbocycles. The summed E-state index contributed by atoms with van der Waals surface area (Å²) in [6, 6.07) is 14.4. The van der Waals surface area contributed by atoms with Crippen LogP contribution in [0.5, 0.6) is 0 Å². The van der Waals surface area contributed by atoms with Crippen molar-refractivity contribution in [3.8, 4) is 11.1 Å². The van der Waals surface area contributed by atoms with Crippen molar-refractivity contribution in [1.82, 2.24) is 10.2 Å². The Morgan fingerprint density at radius 2 is 1.71 bits per heavy atom. The molecule has 1 saturated heterocycles. The number of likely N-dealkylation sites (N-methyl/N-ethyl adjacent to an activating group) is 1. The summed E-state index contributed by atoms with van der Waals surface area (Å²) in [6.45, 7) is 6.26. The number of piperazine rings is 1. The van der Waals surface area contributed by atoms with E-state index >= 15 is 0 Å². The van der Waals surface area contributed by atoms with E-state index in [9.17, 15) is 4.79 Å². The predicted molar refractivity (Wildman–Crippen MR) is 99.7 cm³/mol. The minimum Gasteiger partial charge on any atom is -0.369 e. The standard InChI is InChI=1S/C20H25N3O/c1-15-6-4-5-7-17(15)19-14-16(8-9-18(19)20(24)21-2)23-12-10-22(3)11-13-23/h4-9,14H,10-13H2,1-3H3,(H,21,24). The molecule has 1 aliphatic heterocycles. The normalized spacial score (nSPS) is 15.4. The van der Waals surface area contributed by atoms with Crippen molar-refractivity contribution in [2.45, 2.75) is 6.92 Å². The van der Waals surface area contributed by atoms with Crippen molar-refractivity contribution in [3.63, 3.8) is 0 Å². The third kappa shape index (κ3) is 3.29. The van der Waals surface area contributed by atoms with E-state index in [1.807, 2.05) is 18.2 Å². The molecule has 1 heterocycles. The van der Waals surface area contributed by atoms with Gasteiger partial charge < -0.3 is 15.1 Å². The number of aryl methyl sites for hydroxylation is 1. The number of anilines is 1. The van der Waals surface area contributed by atoms with E-state index in [1.54, 1.807) is 7.05 Å². The lowest BCUT2D eigenvalue weighted by atomic mass is 9.94. The van der Waals surface area contributed by atoms with Crippen LogP contribution in [-0.4, -0.2) is 51.1 Å². The fraction of sp³-hybridized carbons (Fsp3) is 0.350. The highest BCUT2D eigenvalue weighted by atomic mass is 16.1. The molecule has 1 amide bonds. The van der Waals surface area contributed by atoms with Gasteiger partial charge in [0.1, 0.15) is 0 Å². The SMILES string of the molecule is CNC(=O)c1ccc(N2CCN(C)CC2)cc1-c1ccccc1C. The van der Waals surface area contributed by atoms with Crippen LogP contribution >= 0.6 is 0 Å². The van der Waals surface area contributed by atoms with Gasteiger partial charge in [-0.05, 0) is 48.9 Å². The van der Waals surface area contributed by atoms with Gasteiger partial charge in [0.05, 0.1) is 0 Å². The first-order valence-electron chi connectivity index (χ1n) is 8.46. The van der Waals surface area contributed by atoms with Gasteiger partial charge in [0.25, 0.3) is 5.91 Å². The number of carbonyl (C=O) groups excluding carboxylic acids is 1. The molecule has 3 rings (SSSR count). The van der Waals surface area contributed by atoms with Crippen LogP contribution in [0.1, 0.15) is 15.9 Å². The van der Waals surface area contributed by atoms with Crippen molar-refractivity contribution in [2.75, 3.05) is 45.2 Å². The van der Waals surface area contributed by atoms with Crippen LogP contribution in [0.2, 0.25) is 0 Å². The molecule has 4 heteroatoms. The van der Waals surface area contributed by atoms with Crippen molar-refractivity contribution in [1.29, 1.82) is 0 Å². The molecular weight excluding hydrogens is 298 g/mol. The van der Waals surface area contributed by atoms with Crippen LogP contribution in [0.3, 0.4) is 0 Å². The third-order valence-electron chi connectivity index (χ3n) is 4.78. The molecule has 24 heavy (non-hydrogen) atoms. The fourth-order valence-corrected chi connectivity index (χ4v) is 3.22. The quantitative estimate of drug-likeness (QED) is 0.943. The zero-order chi connectivity index (χ0) is 17.1. The Kier molecular flexibility index (Phi) is 4.86. The molecule has 126 valence electrons. The summed E-state index contributed by atoms with van der Waals surface area (Å²) in [7, 11) is 3.84. The molecule has 1 fully saturated rings. The zero-order valence-electron chi connectivity index (χ0n) is 14.7. The molecule has 1 aliphatic rings. The van der Waals surface area contributed by atoms with Crippen molar-refractivity contribution >= 4 is 11.6 Å². The number of nitrogens with one attached hydrogen (secondary N) is 1. The molecule has 2 aromatic rings. The molecule has 2 aromatic carbocycles. The molecule has 0 radical (unpaired) electrons. The number of nitrogens with zero attached hydrogens (tertiary/aromatic N) is 2. The number of hydrogen-bond donors (Lipinski definition) is 1. The summed E-state index contributed by atoms with van der Waals surface area (Å²) >= 11 is 0. The highest BCUT2D eigenvalue weighted by molar-refractivity contribution is 6.01. The van der Waals surface area contributed by atoms with Gasteiger partial charge in [-0.3, -0.25) is 4.79 Å². The molecule has 0 unspecified atom stereocenters. The largest absolute Gasteiger partial charge is 0.369 e. The fourth-order valence-electron chi connectivity index (χ4n) is 3.22. The minimum absolute atomic E-state index is 0.0434. The average Bonchev–Trinajstić information content (AvgIpc) is 2.62. The highest BCUT2D eigenvalue weighted by Gasteiger charge is 2.18. The third-order valence-corrected chi connectivity index (χ3v) is 4.78. The number of amides is 1. The zero-order valence-corrected chi connectivity index (χ0v) is 14.7. The minimum atomic E-state index is -0.0434. The van der Waals surface area contributed by atoms with Crippen LogP contribution in [0.25, 0.3) is 11.1 Å². The molecule has 4 nitrogen and oxygen atoms in total. The van der Waals surface area contributed by atoms with Gasteiger partial charge in [-0.1, -0.05) is 24.3 Å². The molecule has 0 spiro atoms. The Morgan fingerprint density at radius 1 is 1.00 bits per heavy atom. The summed E-state index contributed by atoms with van der Waals surface area (Å²) in [5, 5.41) is 2.76. The second-order valence-electron chi connectivity index (χ2n) is 6.41. The van der Waals surface area contributed by atoms with E-state index in [1.165, 1.54) is 11.3 Å². The number of rotatable bonds is 3. The van der Waals surface area contributed by atoms with Crippen LogP contribution in [-0.2, 0) is 0 Å².